The van der Waals surface area contributed by atoms with Crippen LogP contribution in [-0.4, -0.2) is 43.4 Å². The van der Waals surface area contributed by atoms with Gasteiger partial charge in [0.2, 0.25) is 11.8 Å². The van der Waals surface area contributed by atoms with Gasteiger partial charge in [-0.1, -0.05) is 27.7 Å². The van der Waals surface area contributed by atoms with E-state index < -0.39 is 0 Å². The summed E-state index contributed by atoms with van der Waals surface area (Å²) in [5.41, 5.74) is 5.89. The highest BCUT2D eigenvalue weighted by Crippen LogP contribution is 2.20. The Bertz CT molecular complexity index is 297. The van der Waals surface area contributed by atoms with Crippen molar-refractivity contribution in [3.63, 3.8) is 0 Å². The van der Waals surface area contributed by atoms with Crippen LogP contribution in [0.5, 0.6) is 0 Å². The summed E-state index contributed by atoms with van der Waals surface area (Å²) >= 11 is 0. The van der Waals surface area contributed by atoms with Crippen molar-refractivity contribution in [1.82, 2.24) is 10.2 Å². The van der Waals surface area contributed by atoms with Crippen molar-refractivity contribution in [2.45, 2.75) is 40.2 Å². The summed E-state index contributed by atoms with van der Waals surface area (Å²) < 4.78 is 0. The number of nitrogens with one attached hydrogen (secondary N) is 1. The highest BCUT2D eigenvalue weighted by molar-refractivity contribution is 5.80. The molecule has 0 saturated heterocycles. The first-order chi connectivity index (χ1) is 8.09. The maximum atomic E-state index is 12.0. The Morgan fingerprint density at radius 1 is 1.33 bits per heavy atom. The lowest BCUT2D eigenvalue weighted by molar-refractivity contribution is -0.132. The lowest BCUT2D eigenvalue weighted by atomic mass is 9.85. The minimum absolute atomic E-state index is 0.0202. The summed E-state index contributed by atoms with van der Waals surface area (Å²) in [6.45, 7) is 8.25. The van der Waals surface area contributed by atoms with Gasteiger partial charge in [-0.25, -0.2) is 0 Å². The zero-order valence-electron chi connectivity index (χ0n) is 12.4. The second kappa shape index (κ2) is 6.73. The lowest BCUT2D eigenvalue weighted by Gasteiger charge is -2.29. The molecule has 2 unspecified atom stereocenters. The molecule has 2 amide bonds. The molecule has 0 aliphatic heterocycles. The molecule has 0 heterocycles. The molecule has 5 nitrogen and oxygen atoms in total. The molecule has 5 heteroatoms. The summed E-state index contributed by atoms with van der Waals surface area (Å²) in [6.07, 6.45) is 0.306. The molecule has 0 aliphatic rings. The van der Waals surface area contributed by atoms with Crippen molar-refractivity contribution in [3.8, 4) is 0 Å². The second-order valence-electron chi connectivity index (χ2n) is 5.97. The molecule has 0 bridgehead atoms. The summed E-state index contributed by atoms with van der Waals surface area (Å²) in [6, 6.07) is -0.178. The molecule has 0 spiro atoms. The van der Waals surface area contributed by atoms with Crippen LogP contribution < -0.4 is 11.1 Å². The molecule has 0 aliphatic carbocycles. The molecule has 0 aromatic carbocycles. The quantitative estimate of drug-likeness (QED) is 0.757. The Labute approximate surface area is 110 Å². The largest absolute Gasteiger partial charge is 0.359 e. The average Bonchev–Trinajstić information content (AvgIpc) is 2.26. The zero-order chi connectivity index (χ0) is 14.5. The first-order valence-corrected chi connectivity index (χ1v) is 6.30. The van der Waals surface area contributed by atoms with Gasteiger partial charge in [-0.2, -0.15) is 0 Å². The smallest absolute Gasteiger partial charge is 0.224 e. The minimum atomic E-state index is -0.213. The van der Waals surface area contributed by atoms with Crippen molar-refractivity contribution in [2.24, 2.45) is 17.1 Å². The van der Waals surface area contributed by atoms with Gasteiger partial charge >= 0.3 is 0 Å². The molecule has 3 N–H and O–H groups in total. The van der Waals surface area contributed by atoms with E-state index in [1.165, 1.54) is 0 Å². The fourth-order valence-electron chi connectivity index (χ4n) is 1.49. The third-order valence-electron chi connectivity index (χ3n) is 3.17. The van der Waals surface area contributed by atoms with Gasteiger partial charge in [-0.3, -0.25) is 9.59 Å². The van der Waals surface area contributed by atoms with Crippen LogP contribution in [0.4, 0.5) is 0 Å². The van der Waals surface area contributed by atoms with Crippen LogP contribution >= 0.6 is 0 Å². The first-order valence-electron chi connectivity index (χ1n) is 6.30. The van der Waals surface area contributed by atoms with Crippen molar-refractivity contribution < 1.29 is 9.59 Å². The molecular formula is C13H27N3O2. The molecule has 2 atom stereocenters. The molecule has 0 radical (unpaired) electrons. The molecule has 0 rings (SSSR count). The summed E-state index contributed by atoms with van der Waals surface area (Å²) in [4.78, 5) is 24.9. The third-order valence-corrected chi connectivity index (χ3v) is 3.17. The highest BCUT2D eigenvalue weighted by Gasteiger charge is 2.25. The van der Waals surface area contributed by atoms with Crippen LogP contribution in [0.3, 0.4) is 0 Å². The zero-order valence-corrected chi connectivity index (χ0v) is 12.4. The summed E-state index contributed by atoms with van der Waals surface area (Å²) in [7, 11) is 3.30. The van der Waals surface area contributed by atoms with E-state index in [4.69, 9.17) is 5.73 Å². The standard InChI is InChI=1S/C13H27N3O2/c1-9(12(18)15-5)8-16(6)11(17)7-10(14)13(2,3)4/h9-10H,7-8,14H2,1-6H3,(H,15,18). The highest BCUT2D eigenvalue weighted by atomic mass is 16.2. The van der Waals surface area contributed by atoms with Crippen molar-refractivity contribution in [2.75, 3.05) is 20.6 Å². The Morgan fingerprint density at radius 2 is 1.83 bits per heavy atom. The van der Waals surface area contributed by atoms with E-state index >= 15 is 0 Å². The van der Waals surface area contributed by atoms with E-state index in [-0.39, 0.29) is 29.2 Å². The van der Waals surface area contributed by atoms with E-state index in [1.54, 1.807) is 25.9 Å². The molecule has 0 aromatic heterocycles. The summed E-state index contributed by atoms with van der Waals surface area (Å²) in [5.74, 6) is -0.294. The van der Waals surface area contributed by atoms with E-state index in [2.05, 4.69) is 5.32 Å². The molecular weight excluding hydrogens is 230 g/mol. The van der Waals surface area contributed by atoms with Gasteiger partial charge in [0.05, 0.1) is 5.92 Å². The van der Waals surface area contributed by atoms with Crippen LogP contribution in [0.15, 0.2) is 0 Å². The Hall–Kier alpha value is -1.10. The van der Waals surface area contributed by atoms with E-state index in [0.29, 0.717) is 13.0 Å². The SMILES string of the molecule is CNC(=O)C(C)CN(C)C(=O)CC(N)C(C)(C)C. The van der Waals surface area contributed by atoms with Gasteiger partial charge in [0, 0.05) is 33.1 Å². The van der Waals surface area contributed by atoms with Gasteiger partial charge in [-0.15, -0.1) is 0 Å². The molecule has 0 saturated carbocycles. The minimum Gasteiger partial charge on any atom is -0.359 e. The predicted molar refractivity (Wildman–Crippen MR) is 72.9 cm³/mol. The fraction of sp³-hybridized carbons (Fsp3) is 0.846. The van der Waals surface area contributed by atoms with Gasteiger partial charge in [0.15, 0.2) is 0 Å². The third kappa shape index (κ3) is 5.49. The Morgan fingerprint density at radius 3 is 2.22 bits per heavy atom. The monoisotopic (exact) mass is 257 g/mol. The number of carbonyl (C=O) groups excluding carboxylic acids is 2. The number of amides is 2. The van der Waals surface area contributed by atoms with Crippen molar-refractivity contribution >= 4 is 11.8 Å². The maximum absolute atomic E-state index is 12.0. The lowest BCUT2D eigenvalue weighted by Crippen LogP contribution is -2.43. The average molecular weight is 257 g/mol. The van der Waals surface area contributed by atoms with Crippen LogP contribution in [-0.2, 0) is 9.59 Å². The first kappa shape index (κ1) is 16.9. The Balaban J connectivity index is 4.32. The van der Waals surface area contributed by atoms with Gasteiger partial charge in [0.25, 0.3) is 0 Å². The normalized spacial score (nSPS) is 14.8. The van der Waals surface area contributed by atoms with E-state index in [0.717, 1.165) is 0 Å². The molecule has 106 valence electrons. The number of rotatable bonds is 5. The molecule has 0 fully saturated rings. The topological polar surface area (TPSA) is 75.4 Å². The van der Waals surface area contributed by atoms with Crippen LogP contribution in [0.25, 0.3) is 0 Å². The number of nitrogens with zero attached hydrogens (tertiary/aromatic N) is 1. The van der Waals surface area contributed by atoms with Crippen LogP contribution in [0.1, 0.15) is 34.1 Å². The van der Waals surface area contributed by atoms with Crippen molar-refractivity contribution in [1.29, 1.82) is 0 Å². The molecule has 18 heavy (non-hydrogen) atoms. The van der Waals surface area contributed by atoms with Crippen LogP contribution in [0, 0.1) is 11.3 Å². The predicted octanol–water partition coefficient (Wildman–Crippen LogP) is 0.590. The van der Waals surface area contributed by atoms with Gasteiger partial charge in [0.1, 0.15) is 0 Å². The van der Waals surface area contributed by atoms with E-state index in [9.17, 15) is 9.59 Å². The number of hydrogen-bond donors (Lipinski definition) is 2. The molecule has 0 aromatic rings. The second-order valence-corrected chi connectivity index (χ2v) is 5.97. The van der Waals surface area contributed by atoms with Gasteiger partial charge < -0.3 is 16.0 Å². The van der Waals surface area contributed by atoms with Crippen molar-refractivity contribution in [3.05, 3.63) is 0 Å². The van der Waals surface area contributed by atoms with Gasteiger partial charge in [-0.05, 0) is 5.41 Å². The van der Waals surface area contributed by atoms with Crippen LogP contribution in [0.2, 0.25) is 0 Å². The number of carbonyl (C=O) groups is 2. The number of hydrogen-bond acceptors (Lipinski definition) is 3. The Kier molecular flexibility index (Phi) is 6.32. The fourth-order valence-corrected chi connectivity index (χ4v) is 1.49. The summed E-state index contributed by atoms with van der Waals surface area (Å²) in [5, 5.41) is 2.57. The van der Waals surface area contributed by atoms with E-state index in [1.807, 2.05) is 20.8 Å². The maximum Gasteiger partial charge on any atom is 0.224 e. The number of nitrogens with two attached hydrogens (primary N) is 1.